The van der Waals surface area contributed by atoms with E-state index in [4.69, 9.17) is 14.2 Å². The van der Waals surface area contributed by atoms with Gasteiger partial charge in [-0.15, -0.1) is 5.10 Å². The van der Waals surface area contributed by atoms with E-state index in [1.807, 2.05) is 12.1 Å². The van der Waals surface area contributed by atoms with Gasteiger partial charge in [-0.25, -0.2) is 17.8 Å². The van der Waals surface area contributed by atoms with E-state index in [1.165, 1.54) is 17.9 Å². The van der Waals surface area contributed by atoms with Crippen LogP contribution >= 0.6 is 0 Å². The molecule has 0 saturated carbocycles. The average molecular weight is 433 g/mol. The van der Waals surface area contributed by atoms with Crippen LogP contribution in [0.4, 0.5) is 0 Å². The summed E-state index contributed by atoms with van der Waals surface area (Å²) in [6.07, 6.45) is 0.467. The molecule has 10 nitrogen and oxygen atoms in total. The third-order valence-electron chi connectivity index (χ3n) is 4.49. The van der Waals surface area contributed by atoms with Crippen molar-refractivity contribution in [1.82, 2.24) is 24.9 Å². The second kappa shape index (κ2) is 9.09. The number of sulfonamides is 1. The molecule has 160 valence electrons. The minimum absolute atomic E-state index is 0.0119. The van der Waals surface area contributed by atoms with Crippen LogP contribution in [-0.2, 0) is 23.5 Å². The highest BCUT2D eigenvalue weighted by Crippen LogP contribution is 2.29. The maximum Gasteiger partial charge on any atom is 0.244 e. The molecular formula is C19H23N5O5S. The lowest BCUT2D eigenvalue weighted by molar-refractivity contribution is 0.354. The monoisotopic (exact) mass is 433 g/mol. The Kier molecular flexibility index (Phi) is 6.53. The Morgan fingerprint density at radius 3 is 2.30 bits per heavy atom. The van der Waals surface area contributed by atoms with Crippen molar-refractivity contribution in [1.29, 1.82) is 0 Å². The Morgan fingerprint density at radius 2 is 1.67 bits per heavy atom. The van der Waals surface area contributed by atoms with Crippen LogP contribution in [0.1, 0.15) is 5.56 Å². The zero-order chi connectivity index (χ0) is 21.7. The van der Waals surface area contributed by atoms with E-state index in [0.717, 1.165) is 5.56 Å². The highest BCUT2D eigenvalue weighted by Gasteiger charge is 2.21. The number of aromatic nitrogens is 4. The van der Waals surface area contributed by atoms with Gasteiger partial charge in [0, 0.05) is 19.2 Å². The van der Waals surface area contributed by atoms with Gasteiger partial charge in [0.1, 0.15) is 10.6 Å². The molecule has 0 spiro atoms. The van der Waals surface area contributed by atoms with Crippen molar-refractivity contribution in [2.45, 2.75) is 11.3 Å². The molecule has 1 heterocycles. The van der Waals surface area contributed by atoms with Crippen molar-refractivity contribution in [2.24, 2.45) is 7.05 Å². The fourth-order valence-electron chi connectivity index (χ4n) is 2.94. The molecule has 3 rings (SSSR count). The third-order valence-corrected chi connectivity index (χ3v) is 5.97. The molecule has 0 amide bonds. The lowest BCUT2D eigenvalue weighted by Crippen LogP contribution is -2.26. The summed E-state index contributed by atoms with van der Waals surface area (Å²) < 4.78 is 45.7. The maximum atomic E-state index is 12.9. The van der Waals surface area contributed by atoms with Gasteiger partial charge in [-0.1, -0.05) is 6.07 Å². The standard InChI is InChI=1S/C19H23N5O5S/c1-24-19(21-22-23-24)14-6-8-16(28-3)18(12-14)30(25,26)20-10-9-13-5-7-15(27-2)17(11-13)29-4/h5-8,11-12,20H,9-10H2,1-4H3. The van der Waals surface area contributed by atoms with Crippen LogP contribution in [-0.4, -0.2) is 56.5 Å². The second-order valence-corrected chi connectivity index (χ2v) is 8.06. The first-order chi connectivity index (χ1) is 14.4. The highest BCUT2D eigenvalue weighted by atomic mass is 32.2. The van der Waals surface area contributed by atoms with Crippen LogP contribution in [0.25, 0.3) is 11.4 Å². The van der Waals surface area contributed by atoms with Crippen LogP contribution < -0.4 is 18.9 Å². The van der Waals surface area contributed by atoms with E-state index in [9.17, 15) is 8.42 Å². The van der Waals surface area contributed by atoms with Gasteiger partial charge in [0.25, 0.3) is 0 Å². The van der Waals surface area contributed by atoms with Crippen LogP contribution in [0, 0.1) is 0 Å². The van der Waals surface area contributed by atoms with E-state index in [-0.39, 0.29) is 17.2 Å². The van der Waals surface area contributed by atoms with E-state index in [1.54, 1.807) is 39.5 Å². The third kappa shape index (κ3) is 4.52. The molecule has 0 bridgehead atoms. The first-order valence-electron chi connectivity index (χ1n) is 9.01. The van der Waals surface area contributed by atoms with Crippen molar-refractivity contribution in [3.8, 4) is 28.6 Å². The van der Waals surface area contributed by atoms with Gasteiger partial charge in [0.05, 0.1) is 21.3 Å². The van der Waals surface area contributed by atoms with Crippen molar-refractivity contribution in [3.63, 3.8) is 0 Å². The van der Waals surface area contributed by atoms with E-state index >= 15 is 0 Å². The first kappa shape index (κ1) is 21.5. The molecule has 0 saturated heterocycles. The van der Waals surface area contributed by atoms with Gasteiger partial charge < -0.3 is 14.2 Å². The summed E-state index contributed by atoms with van der Waals surface area (Å²) in [5.74, 6) is 1.87. The Bertz CT molecular complexity index is 1130. The molecular weight excluding hydrogens is 410 g/mol. The summed E-state index contributed by atoms with van der Waals surface area (Å²) in [7, 11) is 2.37. The van der Waals surface area contributed by atoms with Gasteiger partial charge >= 0.3 is 0 Å². The van der Waals surface area contributed by atoms with E-state index < -0.39 is 10.0 Å². The van der Waals surface area contributed by atoms with Crippen molar-refractivity contribution in [3.05, 3.63) is 42.0 Å². The molecule has 1 N–H and O–H groups in total. The predicted octanol–water partition coefficient (Wildman–Crippen LogP) is 1.42. The number of methoxy groups -OCH3 is 3. The number of nitrogens with one attached hydrogen (secondary N) is 1. The van der Waals surface area contributed by atoms with Crippen LogP contribution in [0.3, 0.4) is 0 Å². The second-order valence-electron chi connectivity index (χ2n) is 6.33. The summed E-state index contributed by atoms with van der Waals surface area (Å²) >= 11 is 0. The molecule has 0 aliphatic carbocycles. The summed E-state index contributed by atoms with van der Waals surface area (Å²) in [5, 5.41) is 11.3. The summed E-state index contributed by atoms with van der Waals surface area (Å²) in [5.41, 5.74) is 1.46. The fraction of sp³-hybridized carbons (Fsp3) is 0.316. The number of ether oxygens (including phenoxy) is 3. The van der Waals surface area contributed by atoms with Gasteiger partial charge in [-0.3, -0.25) is 0 Å². The Morgan fingerprint density at radius 1 is 0.967 bits per heavy atom. The highest BCUT2D eigenvalue weighted by molar-refractivity contribution is 7.89. The normalized spacial score (nSPS) is 11.3. The van der Waals surface area contributed by atoms with Crippen LogP contribution in [0.15, 0.2) is 41.3 Å². The summed E-state index contributed by atoms with van der Waals surface area (Å²) in [6, 6.07) is 10.2. The van der Waals surface area contributed by atoms with Crippen LogP contribution in [0.5, 0.6) is 17.2 Å². The summed E-state index contributed by atoms with van der Waals surface area (Å²) in [6.45, 7) is 0.191. The lowest BCUT2D eigenvalue weighted by atomic mass is 10.1. The molecule has 0 radical (unpaired) electrons. The van der Waals surface area contributed by atoms with E-state index in [0.29, 0.717) is 29.3 Å². The number of tetrazole rings is 1. The smallest absolute Gasteiger partial charge is 0.244 e. The Hall–Kier alpha value is -3.18. The molecule has 30 heavy (non-hydrogen) atoms. The van der Waals surface area contributed by atoms with Crippen molar-refractivity contribution >= 4 is 10.0 Å². The largest absolute Gasteiger partial charge is 0.495 e. The number of aryl methyl sites for hydroxylation is 1. The number of benzene rings is 2. The van der Waals surface area contributed by atoms with Gasteiger partial charge in [0.15, 0.2) is 17.3 Å². The topological polar surface area (TPSA) is 117 Å². The number of nitrogens with zero attached hydrogens (tertiary/aromatic N) is 4. The summed E-state index contributed by atoms with van der Waals surface area (Å²) in [4.78, 5) is 0.0119. The molecule has 0 fully saturated rings. The van der Waals surface area contributed by atoms with Gasteiger partial charge in [-0.2, -0.15) is 0 Å². The molecule has 0 aliphatic heterocycles. The molecule has 2 aromatic carbocycles. The zero-order valence-electron chi connectivity index (χ0n) is 17.1. The minimum atomic E-state index is -3.84. The molecule has 1 aromatic heterocycles. The van der Waals surface area contributed by atoms with Gasteiger partial charge in [0.2, 0.25) is 10.0 Å². The Labute approximate surface area is 174 Å². The molecule has 0 atom stereocenters. The maximum absolute atomic E-state index is 12.9. The van der Waals surface area contributed by atoms with Crippen molar-refractivity contribution in [2.75, 3.05) is 27.9 Å². The average Bonchev–Trinajstić information content (AvgIpc) is 3.18. The van der Waals surface area contributed by atoms with Crippen molar-refractivity contribution < 1.29 is 22.6 Å². The number of rotatable bonds is 9. The fourth-order valence-corrected chi connectivity index (χ4v) is 4.17. The van der Waals surface area contributed by atoms with E-state index in [2.05, 4.69) is 20.2 Å². The molecule has 11 heteroatoms. The quantitative estimate of drug-likeness (QED) is 0.538. The number of hydrogen-bond acceptors (Lipinski definition) is 8. The minimum Gasteiger partial charge on any atom is -0.495 e. The SMILES string of the molecule is COc1ccc(CCNS(=O)(=O)c2cc(-c3nnnn3C)ccc2OC)cc1OC. The molecule has 3 aromatic rings. The Balaban J connectivity index is 1.79. The van der Waals surface area contributed by atoms with Crippen LogP contribution in [0.2, 0.25) is 0 Å². The molecule has 0 unspecified atom stereocenters. The zero-order valence-corrected chi connectivity index (χ0v) is 17.9. The molecule has 0 aliphatic rings. The predicted molar refractivity (Wildman–Crippen MR) is 109 cm³/mol. The first-order valence-corrected chi connectivity index (χ1v) is 10.5. The lowest BCUT2D eigenvalue weighted by Gasteiger charge is -2.13. The number of hydrogen-bond donors (Lipinski definition) is 1. The van der Waals surface area contributed by atoms with Gasteiger partial charge in [-0.05, 0) is 52.7 Å².